The lowest BCUT2D eigenvalue weighted by Gasteiger charge is -2.27. The van der Waals surface area contributed by atoms with Crippen molar-refractivity contribution < 1.29 is 29.1 Å². The van der Waals surface area contributed by atoms with Crippen LogP contribution in [0.4, 0.5) is 0 Å². The van der Waals surface area contributed by atoms with E-state index in [0.717, 1.165) is 10.5 Å². The van der Waals surface area contributed by atoms with Crippen molar-refractivity contribution in [2.24, 2.45) is 0 Å². The van der Waals surface area contributed by atoms with Crippen LogP contribution in [-0.4, -0.2) is 62.6 Å². The number of hydrogen-bond acceptors (Lipinski definition) is 5. The molecule has 0 bridgehead atoms. The molecule has 2 N–H and O–H groups in total. The highest BCUT2D eigenvalue weighted by atomic mass is 16.5. The zero-order chi connectivity index (χ0) is 23.4. The van der Waals surface area contributed by atoms with E-state index in [1.807, 2.05) is 52.2 Å². The highest BCUT2D eigenvalue weighted by Crippen LogP contribution is 2.42. The Labute approximate surface area is 188 Å². The Bertz CT molecular complexity index is 1040. The predicted octanol–water partition coefficient (Wildman–Crippen LogP) is 1.97. The van der Waals surface area contributed by atoms with E-state index in [9.17, 15) is 14.7 Å². The second kappa shape index (κ2) is 9.87. The molecule has 1 aliphatic heterocycles. The first kappa shape index (κ1) is 23.3. The van der Waals surface area contributed by atoms with Crippen molar-refractivity contribution in [1.29, 1.82) is 0 Å². The molecule has 2 aromatic rings. The van der Waals surface area contributed by atoms with Crippen molar-refractivity contribution in [2.45, 2.75) is 19.9 Å². The average Bonchev–Trinajstić information content (AvgIpc) is 3.02. The molecule has 32 heavy (non-hydrogen) atoms. The lowest BCUT2D eigenvalue weighted by atomic mass is 9.94. The maximum absolute atomic E-state index is 13.2. The fourth-order valence-electron chi connectivity index (χ4n) is 3.95. The molecule has 170 valence electrons. The van der Waals surface area contributed by atoms with E-state index in [0.29, 0.717) is 42.3 Å². The van der Waals surface area contributed by atoms with Crippen molar-refractivity contribution in [3.05, 3.63) is 64.7 Å². The van der Waals surface area contributed by atoms with Crippen molar-refractivity contribution in [3.8, 4) is 11.5 Å². The lowest BCUT2D eigenvalue weighted by Crippen LogP contribution is -3.06. The third-order valence-electron chi connectivity index (χ3n) is 5.57. The number of amides is 1. The van der Waals surface area contributed by atoms with E-state index in [4.69, 9.17) is 9.47 Å². The van der Waals surface area contributed by atoms with Crippen LogP contribution in [0.25, 0.3) is 5.76 Å². The van der Waals surface area contributed by atoms with Crippen LogP contribution < -0.4 is 14.4 Å². The molecule has 1 heterocycles. The molecule has 0 radical (unpaired) electrons. The molecular weight excluding hydrogens is 408 g/mol. The summed E-state index contributed by atoms with van der Waals surface area (Å²) in [5.41, 5.74) is 2.02. The van der Waals surface area contributed by atoms with Crippen LogP contribution in [0, 0.1) is 6.92 Å². The SMILES string of the molecule is CCOc1ccccc1C1C(=C(O)c2ccc(OC)c(C)c2)C(=O)C(=O)N1CC[NH+](C)C. The fourth-order valence-corrected chi connectivity index (χ4v) is 3.95. The van der Waals surface area contributed by atoms with Crippen LogP contribution in [-0.2, 0) is 9.59 Å². The third kappa shape index (κ3) is 4.48. The van der Waals surface area contributed by atoms with E-state index < -0.39 is 17.7 Å². The fraction of sp³-hybridized carbons (Fsp3) is 0.360. The summed E-state index contributed by atoms with van der Waals surface area (Å²) in [7, 11) is 5.55. The number of hydrogen-bond donors (Lipinski definition) is 2. The molecule has 2 aromatic carbocycles. The van der Waals surface area contributed by atoms with Gasteiger partial charge in [-0.3, -0.25) is 9.59 Å². The van der Waals surface area contributed by atoms with Gasteiger partial charge in [-0.1, -0.05) is 18.2 Å². The van der Waals surface area contributed by atoms with Crippen LogP contribution in [0.15, 0.2) is 48.0 Å². The molecule has 7 nitrogen and oxygen atoms in total. The third-order valence-corrected chi connectivity index (χ3v) is 5.57. The molecule has 7 heteroatoms. The highest BCUT2D eigenvalue weighted by molar-refractivity contribution is 6.46. The summed E-state index contributed by atoms with van der Waals surface area (Å²) in [6, 6.07) is 11.8. The van der Waals surface area contributed by atoms with Gasteiger partial charge in [0.2, 0.25) is 0 Å². The van der Waals surface area contributed by atoms with Crippen molar-refractivity contribution in [3.63, 3.8) is 0 Å². The smallest absolute Gasteiger partial charge is 0.295 e. The Balaban J connectivity index is 2.20. The number of carbonyl (C=O) groups excluding carboxylic acids is 2. The van der Waals surface area contributed by atoms with Crippen LogP contribution >= 0.6 is 0 Å². The molecule has 0 aromatic heterocycles. The van der Waals surface area contributed by atoms with E-state index in [-0.39, 0.29) is 11.3 Å². The van der Waals surface area contributed by atoms with Crippen LogP contribution in [0.3, 0.4) is 0 Å². The maximum atomic E-state index is 13.2. The molecular formula is C25H31N2O5+. The standard InChI is InChI=1S/C25H30N2O5/c1-6-32-20-10-8-7-9-18(20)22-21(24(29)25(30)27(22)14-13-26(3)4)23(28)17-11-12-19(31-5)16(2)15-17/h7-12,15,22,28H,6,13-14H2,1-5H3/p+1. The number of quaternary nitrogens is 1. The summed E-state index contributed by atoms with van der Waals surface area (Å²) in [6.45, 7) is 5.20. The Morgan fingerprint density at radius 2 is 1.84 bits per heavy atom. The maximum Gasteiger partial charge on any atom is 0.295 e. The van der Waals surface area contributed by atoms with Gasteiger partial charge in [-0.2, -0.15) is 0 Å². The summed E-state index contributed by atoms with van der Waals surface area (Å²) < 4.78 is 11.1. The Hall–Kier alpha value is -3.32. The van der Waals surface area contributed by atoms with Gasteiger partial charge < -0.3 is 24.4 Å². The number of ketones is 1. The van der Waals surface area contributed by atoms with Crippen molar-refractivity contribution in [2.75, 3.05) is 40.9 Å². The number of aryl methyl sites for hydroxylation is 1. The van der Waals surface area contributed by atoms with Gasteiger partial charge in [0, 0.05) is 11.1 Å². The van der Waals surface area contributed by atoms with E-state index >= 15 is 0 Å². The van der Waals surface area contributed by atoms with Crippen molar-refractivity contribution in [1.82, 2.24) is 4.90 Å². The van der Waals surface area contributed by atoms with Gasteiger partial charge in [0.15, 0.2) is 0 Å². The first-order valence-corrected chi connectivity index (χ1v) is 10.7. The zero-order valence-electron chi connectivity index (χ0n) is 19.3. The first-order valence-electron chi connectivity index (χ1n) is 10.7. The van der Waals surface area contributed by atoms with Gasteiger partial charge in [0.25, 0.3) is 11.7 Å². The number of rotatable bonds is 8. The van der Waals surface area contributed by atoms with Gasteiger partial charge in [-0.15, -0.1) is 0 Å². The Morgan fingerprint density at radius 3 is 2.47 bits per heavy atom. The molecule has 1 saturated heterocycles. The normalized spacial score (nSPS) is 17.8. The van der Waals surface area contributed by atoms with Gasteiger partial charge in [0.05, 0.1) is 52.5 Å². The largest absolute Gasteiger partial charge is 0.507 e. The van der Waals surface area contributed by atoms with Crippen molar-refractivity contribution >= 4 is 17.4 Å². The minimum atomic E-state index is -0.737. The molecule has 1 fully saturated rings. The summed E-state index contributed by atoms with van der Waals surface area (Å²) >= 11 is 0. The number of aliphatic hydroxyl groups excluding tert-OH is 1. The van der Waals surface area contributed by atoms with Gasteiger partial charge in [0.1, 0.15) is 17.3 Å². The molecule has 1 atom stereocenters. The Morgan fingerprint density at radius 1 is 1.12 bits per heavy atom. The molecule has 0 spiro atoms. The minimum absolute atomic E-state index is 0.0699. The summed E-state index contributed by atoms with van der Waals surface area (Å²) in [5, 5.41) is 11.2. The number of carbonyl (C=O) groups is 2. The Kier molecular flexibility index (Phi) is 7.20. The van der Waals surface area contributed by atoms with Crippen LogP contribution in [0.5, 0.6) is 11.5 Å². The number of likely N-dealkylation sites (N-methyl/N-ethyl adjacent to an activating group) is 1. The lowest BCUT2D eigenvalue weighted by molar-refractivity contribution is -0.857. The quantitative estimate of drug-likeness (QED) is 0.374. The van der Waals surface area contributed by atoms with E-state index in [1.165, 1.54) is 4.90 Å². The minimum Gasteiger partial charge on any atom is -0.507 e. The molecule has 0 saturated carbocycles. The molecule has 3 rings (SSSR count). The van der Waals surface area contributed by atoms with Crippen LogP contribution in [0.2, 0.25) is 0 Å². The highest BCUT2D eigenvalue weighted by Gasteiger charge is 2.47. The van der Waals surface area contributed by atoms with Gasteiger partial charge in [-0.05, 0) is 43.7 Å². The number of likely N-dealkylation sites (tertiary alicyclic amines) is 1. The average molecular weight is 440 g/mol. The number of aliphatic hydroxyl groups is 1. The summed E-state index contributed by atoms with van der Waals surface area (Å²) in [6.07, 6.45) is 0. The number of Topliss-reactive ketones (excluding diaryl/α,β-unsaturated/α-hetero) is 1. The molecule has 1 unspecified atom stereocenters. The molecule has 0 aliphatic carbocycles. The van der Waals surface area contributed by atoms with E-state index in [1.54, 1.807) is 25.3 Å². The second-order valence-electron chi connectivity index (χ2n) is 8.10. The number of benzene rings is 2. The monoisotopic (exact) mass is 439 g/mol. The number of ether oxygens (including phenoxy) is 2. The number of para-hydroxylation sites is 1. The topological polar surface area (TPSA) is 80.5 Å². The zero-order valence-corrected chi connectivity index (χ0v) is 19.3. The molecule has 1 aliphatic rings. The second-order valence-corrected chi connectivity index (χ2v) is 8.10. The number of nitrogens with zero attached hydrogens (tertiary/aromatic N) is 1. The van der Waals surface area contributed by atoms with Crippen LogP contribution in [0.1, 0.15) is 29.7 Å². The summed E-state index contributed by atoms with van der Waals surface area (Å²) in [5.74, 6) is -0.254. The van der Waals surface area contributed by atoms with Gasteiger partial charge in [-0.25, -0.2) is 0 Å². The number of nitrogens with one attached hydrogen (secondary N) is 1. The first-order chi connectivity index (χ1) is 15.3. The number of methoxy groups -OCH3 is 1. The van der Waals surface area contributed by atoms with E-state index in [2.05, 4.69) is 0 Å². The van der Waals surface area contributed by atoms with Gasteiger partial charge >= 0.3 is 0 Å². The molecule has 1 amide bonds. The predicted molar refractivity (Wildman–Crippen MR) is 122 cm³/mol. The summed E-state index contributed by atoms with van der Waals surface area (Å²) in [4.78, 5) is 28.9.